The molecule has 4 aromatic rings. The van der Waals surface area contributed by atoms with Crippen LogP contribution in [0.1, 0.15) is 16.7 Å². The van der Waals surface area contributed by atoms with E-state index in [2.05, 4.69) is 28.6 Å². The van der Waals surface area contributed by atoms with Crippen molar-refractivity contribution in [3.8, 4) is 10.6 Å². The van der Waals surface area contributed by atoms with Gasteiger partial charge in [0.15, 0.2) is 0 Å². The third kappa shape index (κ3) is 4.55. The maximum atomic E-state index is 12.2. The van der Waals surface area contributed by atoms with Gasteiger partial charge < -0.3 is 10.6 Å². The van der Waals surface area contributed by atoms with E-state index in [4.69, 9.17) is 0 Å². The van der Waals surface area contributed by atoms with Gasteiger partial charge in [-0.15, -0.1) is 11.3 Å². The Kier molecular flexibility index (Phi) is 5.59. The van der Waals surface area contributed by atoms with Gasteiger partial charge in [-0.3, -0.25) is 9.59 Å². The van der Waals surface area contributed by atoms with Crippen molar-refractivity contribution in [2.45, 2.75) is 20.4 Å². The topological polar surface area (TPSA) is 71.1 Å². The van der Waals surface area contributed by atoms with Gasteiger partial charge in [-0.25, -0.2) is 4.98 Å². The fraction of sp³-hybridized carbons (Fsp3) is 0.125. The first-order chi connectivity index (χ1) is 14.5. The number of aryl methyl sites for hydroxylation is 2. The predicted molar refractivity (Wildman–Crippen MR) is 121 cm³/mol. The molecule has 3 aromatic carbocycles. The number of thiazole rings is 1. The maximum Gasteiger partial charge on any atom is 0.313 e. The lowest BCUT2D eigenvalue weighted by atomic mass is 10.1. The van der Waals surface area contributed by atoms with Crippen LogP contribution in [-0.2, 0) is 16.1 Å². The second kappa shape index (κ2) is 8.47. The lowest BCUT2D eigenvalue weighted by molar-refractivity contribution is -0.136. The summed E-state index contributed by atoms with van der Waals surface area (Å²) in [5.74, 6) is -1.36. The van der Waals surface area contributed by atoms with Crippen molar-refractivity contribution in [1.82, 2.24) is 10.3 Å². The average Bonchev–Trinajstić information content (AvgIpc) is 3.16. The van der Waals surface area contributed by atoms with Crippen molar-refractivity contribution in [3.05, 3.63) is 83.4 Å². The van der Waals surface area contributed by atoms with Crippen molar-refractivity contribution in [1.29, 1.82) is 0 Å². The molecule has 0 radical (unpaired) electrons. The zero-order valence-electron chi connectivity index (χ0n) is 16.7. The highest BCUT2D eigenvalue weighted by molar-refractivity contribution is 7.21. The lowest BCUT2D eigenvalue weighted by Gasteiger charge is -2.07. The zero-order chi connectivity index (χ0) is 21.1. The van der Waals surface area contributed by atoms with Crippen LogP contribution >= 0.6 is 11.3 Å². The number of carbonyl (C=O) groups excluding carboxylic acids is 2. The summed E-state index contributed by atoms with van der Waals surface area (Å²) < 4.78 is 1.15. The van der Waals surface area contributed by atoms with Gasteiger partial charge in [-0.05, 0) is 61.4 Å². The molecule has 30 heavy (non-hydrogen) atoms. The molecule has 4 rings (SSSR count). The summed E-state index contributed by atoms with van der Waals surface area (Å²) >= 11 is 1.63. The van der Waals surface area contributed by atoms with E-state index < -0.39 is 11.8 Å². The Morgan fingerprint density at radius 1 is 0.867 bits per heavy atom. The van der Waals surface area contributed by atoms with Crippen LogP contribution in [0.3, 0.4) is 0 Å². The Labute approximate surface area is 178 Å². The van der Waals surface area contributed by atoms with Crippen LogP contribution in [0.25, 0.3) is 20.8 Å². The Morgan fingerprint density at radius 2 is 1.57 bits per heavy atom. The fourth-order valence-electron chi connectivity index (χ4n) is 3.01. The molecule has 150 valence electrons. The molecule has 1 aromatic heterocycles. The summed E-state index contributed by atoms with van der Waals surface area (Å²) in [6.45, 7) is 4.37. The molecular formula is C24H21N3O2S. The van der Waals surface area contributed by atoms with Gasteiger partial charge in [0.25, 0.3) is 0 Å². The van der Waals surface area contributed by atoms with Crippen LogP contribution in [0, 0.1) is 13.8 Å². The van der Waals surface area contributed by atoms with Crippen molar-refractivity contribution in [2.75, 3.05) is 5.32 Å². The van der Waals surface area contributed by atoms with Crippen LogP contribution in [0.4, 0.5) is 5.69 Å². The Balaban J connectivity index is 1.37. The second-order valence-corrected chi connectivity index (χ2v) is 8.22. The maximum absolute atomic E-state index is 12.2. The molecule has 0 unspecified atom stereocenters. The molecular weight excluding hydrogens is 394 g/mol. The van der Waals surface area contributed by atoms with E-state index >= 15 is 0 Å². The molecule has 0 aliphatic heterocycles. The quantitative estimate of drug-likeness (QED) is 0.469. The molecule has 0 atom stereocenters. The summed E-state index contributed by atoms with van der Waals surface area (Å²) in [5.41, 5.74) is 5.80. The number of amides is 2. The molecule has 1 heterocycles. The minimum Gasteiger partial charge on any atom is -0.344 e. The normalized spacial score (nSPS) is 10.7. The number of fused-ring (bicyclic) bond motifs is 1. The number of hydrogen-bond donors (Lipinski definition) is 2. The number of aromatic nitrogens is 1. The van der Waals surface area contributed by atoms with E-state index in [9.17, 15) is 9.59 Å². The smallest absolute Gasteiger partial charge is 0.313 e. The molecule has 6 heteroatoms. The Hall–Kier alpha value is -3.51. The molecule has 0 saturated carbocycles. The van der Waals surface area contributed by atoms with E-state index in [0.717, 1.165) is 31.9 Å². The number of carbonyl (C=O) groups is 2. The van der Waals surface area contributed by atoms with Crippen molar-refractivity contribution in [3.63, 3.8) is 0 Å². The molecule has 0 spiro atoms. The molecule has 2 amide bonds. The highest BCUT2D eigenvalue weighted by atomic mass is 32.1. The number of anilines is 1. The van der Waals surface area contributed by atoms with Crippen molar-refractivity contribution in [2.24, 2.45) is 0 Å². The van der Waals surface area contributed by atoms with Crippen molar-refractivity contribution < 1.29 is 9.59 Å². The SMILES string of the molecule is Cc1ccc(CNC(=O)C(=O)Nc2ccc(-c3nc4ccc(C)cc4s3)cc2)cc1. The largest absolute Gasteiger partial charge is 0.344 e. The van der Waals surface area contributed by atoms with Crippen LogP contribution in [0.5, 0.6) is 0 Å². The minimum absolute atomic E-state index is 0.308. The number of hydrogen-bond acceptors (Lipinski definition) is 4. The van der Waals surface area contributed by atoms with E-state index in [1.807, 2.05) is 55.5 Å². The van der Waals surface area contributed by atoms with Crippen LogP contribution in [-0.4, -0.2) is 16.8 Å². The number of rotatable bonds is 4. The third-order valence-corrected chi connectivity index (χ3v) is 5.78. The van der Waals surface area contributed by atoms with Gasteiger partial charge in [0.05, 0.1) is 10.2 Å². The van der Waals surface area contributed by atoms with E-state index in [1.54, 1.807) is 23.5 Å². The number of nitrogens with one attached hydrogen (secondary N) is 2. The van der Waals surface area contributed by atoms with Crippen LogP contribution in [0.2, 0.25) is 0 Å². The standard InChI is InChI=1S/C24H21N3O2S/c1-15-3-6-17(7-4-15)14-25-22(28)23(29)26-19-10-8-18(9-11-19)24-27-20-12-5-16(2)13-21(20)30-24/h3-13H,14H2,1-2H3,(H,25,28)(H,26,29). The summed E-state index contributed by atoms with van der Waals surface area (Å²) in [6, 6.07) is 21.3. The first kappa shape index (κ1) is 19.8. The van der Waals surface area contributed by atoms with Gasteiger partial charge in [-0.2, -0.15) is 0 Å². The monoisotopic (exact) mass is 415 g/mol. The fourth-order valence-corrected chi connectivity index (χ4v) is 4.08. The van der Waals surface area contributed by atoms with Crippen molar-refractivity contribution >= 4 is 39.1 Å². The summed E-state index contributed by atoms with van der Waals surface area (Å²) in [7, 11) is 0. The highest BCUT2D eigenvalue weighted by Crippen LogP contribution is 2.31. The molecule has 0 aliphatic carbocycles. The first-order valence-electron chi connectivity index (χ1n) is 9.60. The van der Waals surface area contributed by atoms with E-state index in [-0.39, 0.29) is 0 Å². The second-order valence-electron chi connectivity index (χ2n) is 7.19. The third-order valence-electron chi connectivity index (χ3n) is 4.71. The van der Waals surface area contributed by atoms with E-state index in [1.165, 1.54) is 5.56 Å². The van der Waals surface area contributed by atoms with Gasteiger partial charge >= 0.3 is 11.8 Å². The average molecular weight is 416 g/mol. The van der Waals surface area contributed by atoms with Gasteiger partial charge in [-0.1, -0.05) is 35.9 Å². The zero-order valence-corrected chi connectivity index (χ0v) is 17.5. The van der Waals surface area contributed by atoms with Gasteiger partial charge in [0.2, 0.25) is 0 Å². The Bertz CT molecular complexity index is 1210. The number of benzene rings is 3. The predicted octanol–water partition coefficient (Wildman–Crippen LogP) is 4.84. The van der Waals surface area contributed by atoms with Gasteiger partial charge in [0.1, 0.15) is 5.01 Å². The first-order valence-corrected chi connectivity index (χ1v) is 10.4. The summed E-state index contributed by atoms with van der Waals surface area (Å²) in [5, 5.41) is 6.19. The van der Waals surface area contributed by atoms with Crippen LogP contribution < -0.4 is 10.6 Å². The van der Waals surface area contributed by atoms with Crippen LogP contribution in [0.15, 0.2) is 66.7 Å². The molecule has 0 bridgehead atoms. The molecule has 0 saturated heterocycles. The summed E-state index contributed by atoms with van der Waals surface area (Å²) in [6.07, 6.45) is 0. The molecule has 5 nitrogen and oxygen atoms in total. The van der Waals surface area contributed by atoms with E-state index in [0.29, 0.717) is 12.2 Å². The molecule has 2 N–H and O–H groups in total. The number of nitrogens with zero attached hydrogens (tertiary/aromatic N) is 1. The van der Waals surface area contributed by atoms with Gasteiger partial charge in [0, 0.05) is 17.8 Å². The lowest BCUT2D eigenvalue weighted by Crippen LogP contribution is -2.34. The molecule has 0 fully saturated rings. The Morgan fingerprint density at radius 3 is 2.30 bits per heavy atom. The highest BCUT2D eigenvalue weighted by Gasteiger charge is 2.14. The minimum atomic E-state index is -0.690. The summed E-state index contributed by atoms with van der Waals surface area (Å²) in [4.78, 5) is 28.9. The molecule has 0 aliphatic rings.